The second-order valence-corrected chi connectivity index (χ2v) is 6.85. The summed E-state index contributed by atoms with van der Waals surface area (Å²) in [5, 5.41) is 12.2. The van der Waals surface area contributed by atoms with Crippen LogP contribution in [0.5, 0.6) is 0 Å². The lowest BCUT2D eigenvalue weighted by molar-refractivity contribution is -0.114. The molecule has 27 heavy (non-hydrogen) atoms. The topological polar surface area (TPSA) is 73.8 Å². The van der Waals surface area contributed by atoms with E-state index in [1.807, 2.05) is 36.2 Å². The predicted molar refractivity (Wildman–Crippen MR) is 106 cm³/mol. The molecule has 0 unspecified atom stereocenters. The van der Waals surface area contributed by atoms with Gasteiger partial charge in [0.25, 0.3) is 5.91 Å². The molecule has 2 amide bonds. The van der Waals surface area contributed by atoms with Gasteiger partial charge in [-0.15, -0.1) is 0 Å². The average molecular weight is 364 g/mol. The molecule has 0 saturated carbocycles. The summed E-state index contributed by atoms with van der Waals surface area (Å²) in [7, 11) is 0. The third kappa shape index (κ3) is 4.73. The fourth-order valence-corrected chi connectivity index (χ4v) is 3.01. The molecule has 1 atom stereocenters. The number of carbonyl (C=O) groups is 2. The third-order valence-corrected chi connectivity index (χ3v) is 4.50. The Balaban J connectivity index is 1.69. The van der Waals surface area contributed by atoms with Crippen LogP contribution in [0.1, 0.15) is 41.8 Å². The fraction of sp³-hybridized carbons (Fsp3) is 0.286. The molecule has 3 rings (SSSR count). The number of anilines is 1. The molecule has 0 spiro atoms. The standard InChI is InChI=1S/C21H24N4O2/c1-14-9-10-18(12-19(14)22-16(3)26)21(27)23-20-11-15(2)25(24-20)13-17-7-5-4-6-8-17/h4-10,12,15H,11,13H2,1-3H3,(H,22,26)(H,23,24,27)/t15-/m1/s1. The number of carbonyl (C=O) groups excluding carboxylic acids is 2. The lowest BCUT2D eigenvalue weighted by Crippen LogP contribution is -2.30. The van der Waals surface area contributed by atoms with Crippen LogP contribution in [0.2, 0.25) is 0 Å². The molecule has 0 radical (unpaired) electrons. The maximum Gasteiger partial charge on any atom is 0.256 e. The Bertz CT molecular complexity index is 877. The Labute approximate surface area is 159 Å². The second-order valence-electron chi connectivity index (χ2n) is 6.85. The van der Waals surface area contributed by atoms with E-state index in [0.717, 1.165) is 5.56 Å². The van der Waals surface area contributed by atoms with Crippen molar-refractivity contribution in [2.75, 3.05) is 5.32 Å². The number of amides is 2. The summed E-state index contributed by atoms with van der Waals surface area (Å²) >= 11 is 0. The van der Waals surface area contributed by atoms with Gasteiger partial charge in [0.1, 0.15) is 5.84 Å². The summed E-state index contributed by atoms with van der Waals surface area (Å²) in [5.74, 6) is 0.264. The van der Waals surface area contributed by atoms with Crippen LogP contribution in [-0.4, -0.2) is 28.7 Å². The van der Waals surface area contributed by atoms with Gasteiger partial charge in [0.15, 0.2) is 0 Å². The lowest BCUT2D eigenvalue weighted by Gasteiger charge is -2.19. The van der Waals surface area contributed by atoms with Gasteiger partial charge in [-0.05, 0) is 37.1 Å². The molecular formula is C21H24N4O2. The van der Waals surface area contributed by atoms with Crippen LogP contribution < -0.4 is 10.6 Å². The van der Waals surface area contributed by atoms with E-state index >= 15 is 0 Å². The number of hydrogen-bond donors (Lipinski definition) is 2. The Morgan fingerprint density at radius 3 is 2.59 bits per heavy atom. The minimum absolute atomic E-state index is 0.166. The molecule has 0 bridgehead atoms. The molecule has 0 saturated heterocycles. The smallest absolute Gasteiger partial charge is 0.256 e. The number of hydrazone groups is 1. The van der Waals surface area contributed by atoms with Gasteiger partial charge < -0.3 is 10.6 Å². The van der Waals surface area contributed by atoms with E-state index in [1.165, 1.54) is 12.5 Å². The summed E-state index contributed by atoms with van der Waals surface area (Å²) in [6.07, 6.45) is 0.684. The average Bonchev–Trinajstić information content (AvgIpc) is 2.96. The largest absolute Gasteiger partial charge is 0.326 e. The molecule has 1 aliphatic rings. The van der Waals surface area contributed by atoms with Crippen molar-refractivity contribution in [3.63, 3.8) is 0 Å². The lowest BCUT2D eigenvalue weighted by atomic mass is 10.1. The van der Waals surface area contributed by atoms with Crippen molar-refractivity contribution >= 4 is 23.3 Å². The fourth-order valence-electron chi connectivity index (χ4n) is 3.01. The first kappa shape index (κ1) is 18.6. The normalized spacial score (nSPS) is 16.0. The highest BCUT2D eigenvalue weighted by Crippen LogP contribution is 2.19. The minimum atomic E-state index is -0.228. The molecule has 1 aliphatic heterocycles. The van der Waals surface area contributed by atoms with Crippen LogP contribution in [0.25, 0.3) is 0 Å². The molecule has 2 N–H and O–H groups in total. The van der Waals surface area contributed by atoms with Gasteiger partial charge in [-0.2, -0.15) is 5.10 Å². The molecule has 2 aromatic carbocycles. The van der Waals surface area contributed by atoms with Crippen molar-refractivity contribution in [2.45, 2.75) is 39.8 Å². The van der Waals surface area contributed by atoms with Gasteiger partial charge in [0, 0.05) is 24.6 Å². The van der Waals surface area contributed by atoms with Crippen LogP contribution in [0.3, 0.4) is 0 Å². The van der Waals surface area contributed by atoms with Crippen molar-refractivity contribution in [1.82, 2.24) is 10.3 Å². The zero-order valence-electron chi connectivity index (χ0n) is 15.8. The maximum atomic E-state index is 12.6. The predicted octanol–water partition coefficient (Wildman–Crippen LogP) is 3.29. The monoisotopic (exact) mass is 364 g/mol. The number of benzene rings is 2. The van der Waals surface area contributed by atoms with E-state index in [0.29, 0.717) is 30.1 Å². The molecular weight excluding hydrogens is 340 g/mol. The van der Waals surface area contributed by atoms with E-state index in [9.17, 15) is 9.59 Å². The Kier molecular flexibility index (Phi) is 5.54. The Morgan fingerprint density at radius 1 is 1.15 bits per heavy atom. The summed E-state index contributed by atoms with van der Waals surface area (Å²) in [6, 6.07) is 15.6. The van der Waals surface area contributed by atoms with E-state index in [1.54, 1.807) is 12.1 Å². The quantitative estimate of drug-likeness (QED) is 0.874. The minimum Gasteiger partial charge on any atom is -0.326 e. The first-order chi connectivity index (χ1) is 12.9. The van der Waals surface area contributed by atoms with Crippen molar-refractivity contribution in [2.24, 2.45) is 5.10 Å². The first-order valence-corrected chi connectivity index (χ1v) is 9.00. The number of aryl methyl sites for hydroxylation is 1. The molecule has 6 heteroatoms. The van der Waals surface area contributed by atoms with E-state index < -0.39 is 0 Å². The van der Waals surface area contributed by atoms with Gasteiger partial charge in [-0.1, -0.05) is 36.4 Å². The second kappa shape index (κ2) is 8.03. The number of nitrogens with one attached hydrogen (secondary N) is 2. The van der Waals surface area contributed by atoms with E-state index in [-0.39, 0.29) is 17.9 Å². The summed E-state index contributed by atoms with van der Waals surface area (Å²) in [5.41, 5.74) is 3.21. The van der Waals surface area contributed by atoms with Crippen LogP contribution in [-0.2, 0) is 11.3 Å². The zero-order chi connectivity index (χ0) is 19.4. The highest BCUT2D eigenvalue weighted by molar-refractivity contribution is 6.07. The maximum absolute atomic E-state index is 12.6. The Morgan fingerprint density at radius 2 is 1.89 bits per heavy atom. The Hall–Kier alpha value is -3.15. The molecule has 140 valence electrons. The van der Waals surface area contributed by atoms with Crippen LogP contribution in [0, 0.1) is 6.92 Å². The van der Waals surface area contributed by atoms with Gasteiger partial charge in [0.2, 0.25) is 5.91 Å². The highest BCUT2D eigenvalue weighted by Gasteiger charge is 2.24. The molecule has 0 aliphatic carbocycles. The summed E-state index contributed by atoms with van der Waals surface area (Å²) in [4.78, 5) is 23.9. The molecule has 6 nitrogen and oxygen atoms in total. The van der Waals surface area contributed by atoms with Gasteiger partial charge in [-0.25, -0.2) is 0 Å². The first-order valence-electron chi connectivity index (χ1n) is 9.00. The van der Waals surface area contributed by atoms with Gasteiger partial charge >= 0.3 is 0 Å². The summed E-state index contributed by atoms with van der Waals surface area (Å²) < 4.78 is 0. The summed E-state index contributed by atoms with van der Waals surface area (Å²) in [6.45, 7) is 6.13. The van der Waals surface area contributed by atoms with Crippen molar-refractivity contribution in [3.05, 3.63) is 65.2 Å². The third-order valence-electron chi connectivity index (χ3n) is 4.50. The highest BCUT2D eigenvalue weighted by atomic mass is 16.2. The number of amidine groups is 1. The SMILES string of the molecule is CC(=O)Nc1cc(C(=O)NC2=NN(Cc3ccccc3)[C@H](C)C2)ccc1C. The molecule has 1 heterocycles. The number of rotatable bonds is 4. The van der Waals surface area contributed by atoms with Gasteiger partial charge in [-0.3, -0.25) is 14.6 Å². The van der Waals surface area contributed by atoms with Crippen molar-refractivity contribution in [3.8, 4) is 0 Å². The van der Waals surface area contributed by atoms with Gasteiger partial charge in [0.05, 0.1) is 12.6 Å². The number of nitrogens with zero attached hydrogens (tertiary/aromatic N) is 2. The number of hydrogen-bond acceptors (Lipinski definition) is 4. The molecule has 0 aromatic heterocycles. The zero-order valence-corrected chi connectivity index (χ0v) is 15.8. The van der Waals surface area contributed by atoms with E-state index in [2.05, 4.69) is 34.8 Å². The van der Waals surface area contributed by atoms with Crippen LogP contribution in [0.4, 0.5) is 5.69 Å². The van der Waals surface area contributed by atoms with E-state index in [4.69, 9.17) is 0 Å². The molecule has 2 aromatic rings. The van der Waals surface area contributed by atoms with Crippen LogP contribution in [0.15, 0.2) is 53.6 Å². The molecule has 0 fully saturated rings. The van der Waals surface area contributed by atoms with Crippen LogP contribution >= 0.6 is 0 Å². The van der Waals surface area contributed by atoms with Crippen molar-refractivity contribution in [1.29, 1.82) is 0 Å². The van der Waals surface area contributed by atoms with Crippen molar-refractivity contribution < 1.29 is 9.59 Å².